The predicted molar refractivity (Wildman–Crippen MR) is 87.7 cm³/mol. The fourth-order valence-electron chi connectivity index (χ4n) is 3.14. The third kappa shape index (κ3) is 3.25. The third-order valence-electron chi connectivity index (χ3n) is 4.31. The lowest BCUT2D eigenvalue weighted by molar-refractivity contribution is 0.0683. The Morgan fingerprint density at radius 1 is 1.25 bits per heavy atom. The fourth-order valence-corrected chi connectivity index (χ4v) is 3.52. The lowest BCUT2D eigenvalue weighted by atomic mass is 10.0. The number of halogens is 1. The summed E-state index contributed by atoms with van der Waals surface area (Å²) in [6.45, 7) is 5.10. The Labute approximate surface area is 130 Å². The summed E-state index contributed by atoms with van der Waals surface area (Å²) in [5, 5.41) is 0.834. The molecule has 0 unspecified atom stereocenters. The van der Waals surface area contributed by atoms with E-state index in [2.05, 4.69) is 41.9 Å². The molecule has 110 valence electrons. The number of nitrogens with zero attached hydrogens (tertiary/aromatic N) is 1. The number of carbonyl (C=O) groups excluding carboxylic acids is 1. The number of benzene rings is 1. The minimum atomic E-state index is 0.188. The van der Waals surface area contributed by atoms with Gasteiger partial charge in [0.05, 0.1) is 0 Å². The van der Waals surface area contributed by atoms with Crippen LogP contribution in [0.3, 0.4) is 0 Å². The van der Waals surface area contributed by atoms with Crippen molar-refractivity contribution in [2.24, 2.45) is 0 Å². The molecule has 3 heteroatoms. The van der Waals surface area contributed by atoms with Crippen molar-refractivity contribution in [2.45, 2.75) is 52.0 Å². The molecule has 0 heterocycles. The second kappa shape index (κ2) is 7.26. The van der Waals surface area contributed by atoms with E-state index < -0.39 is 0 Å². The van der Waals surface area contributed by atoms with Crippen molar-refractivity contribution in [1.82, 2.24) is 4.90 Å². The van der Waals surface area contributed by atoms with Crippen LogP contribution in [-0.2, 0) is 12.8 Å². The number of carbonyl (C=O) groups is 1. The fraction of sp³-hybridized carbons (Fsp3) is 0.588. The van der Waals surface area contributed by atoms with Crippen LogP contribution in [0.15, 0.2) is 18.2 Å². The summed E-state index contributed by atoms with van der Waals surface area (Å²) in [6, 6.07) is 6.62. The topological polar surface area (TPSA) is 20.3 Å². The van der Waals surface area contributed by atoms with Gasteiger partial charge in [-0.3, -0.25) is 4.79 Å². The minimum Gasteiger partial charge on any atom is -0.335 e. The third-order valence-corrected chi connectivity index (χ3v) is 4.67. The van der Waals surface area contributed by atoms with Gasteiger partial charge in [-0.2, -0.15) is 0 Å². The molecule has 0 radical (unpaired) electrons. The standard InChI is InChI=1S/C17H24BrNO/c1-3-16(4-2)19(11-10-18)17(20)15-9-8-13-6-5-7-14(13)12-15/h8-9,12,16H,3-7,10-11H2,1-2H3. The van der Waals surface area contributed by atoms with Gasteiger partial charge < -0.3 is 4.90 Å². The second-order valence-corrected chi connectivity index (χ2v) is 6.29. The molecule has 2 nitrogen and oxygen atoms in total. The number of alkyl halides is 1. The Kier molecular flexibility index (Phi) is 5.64. The Hall–Kier alpha value is -0.830. The molecule has 0 spiro atoms. The lowest BCUT2D eigenvalue weighted by Gasteiger charge is -2.30. The largest absolute Gasteiger partial charge is 0.335 e. The minimum absolute atomic E-state index is 0.188. The van der Waals surface area contributed by atoms with Crippen molar-refractivity contribution < 1.29 is 4.79 Å². The molecule has 1 aliphatic carbocycles. The quantitative estimate of drug-likeness (QED) is 0.712. The van der Waals surface area contributed by atoms with Gasteiger partial charge >= 0.3 is 0 Å². The Morgan fingerprint density at radius 3 is 2.60 bits per heavy atom. The highest BCUT2D eigenvalue weighted by Gasteiger charge is 2.23. The SMILES string of the molecule is CCC(CC)N(CCBr)C(=O)c1ccc2c(c1)CCC2. The van der Waals surface area contributed by atoms with Crippen LogP contribution in [0.4, 0.5) is 0 Å². The van der Waals surface area contributed by atoms with Gasteiger partial charge in [-0.15, -0.1) is 0 Å². The first-order chi connectivity index (χ1) is 9.71. The monoisotopic (exact) mass is 337 g/mol. The average molecular weight is 338 g/mol. The van der Waals surface area contributed by atoms with Gasteiger partial charge in [-0.05, 0) is 55.4 Å². The van der Waals surface area contributed by atoms with Crippen molar-refractivity contribution in [2.75, 3.05) is 11.9 Å². The van der Waals surface area contributed by atoms with E-state index in [4.69, 9.17) is 0 Å². The van der Waals surface area contributed by atoms with Crippen molar-refractivity contribution in [3.05, 3.63) is 34.9 Å². The van der Waals surface area contributed by atoms with E-state index in [9.17, 15) is 4.79 Å². The number of aryl methyl sites for hydroxylation is 2. The van der Waals surface area contributed by atoms with Gasteiger partial charge in [0.1, 0.15) is 0 Å². The molecule has 0 saturated heterocycles. The smallest absolute Gasteiger partial charge is 0.254 e. The van der Waals surface area contributed by atoms with Crippen LogP contribution in [0.2, 0.25) is 0 Å². The van der Waals surface area contributed by atoms with Crippen LogP contribution >= 0.6 is 15.9 Å². The van der Waals surface area contributed by atoms with E-state index in [1.165, 1.54) is 24.0 Å². The van der Waals surface area contributed by atoms with E-state index in [0.717, 1.165) is 36.7 Å². The maximum absolute atomic E-state index is 12.8. The summed E-state index contributed by atoms with van der Waals surface area (Å²) < 4.78 is 0. The number of fused-ring (bicyclic) bond motifs is 1. The number of hydrogen-bond acceptors (Lipinski definition) is 1. The van der Waals surface area contributed by atoms with Gasteiger partial charge in [0, 0.05) is 23.5 Å². The molecular formula is C17H24BrNO. The molecule has 1 amide bonds. The number of amides is 1. The van der Waals surface area contributed by atoms with Crippen LogP contribution in [-0.4, -0.2) is 28.7 Å². The van der Waals surface area contributed by atoms with Crippen LogP contribution in [0.5, 0.6) is 0 Å². The van der Waals surface area contributed by atoms with Crippen molar-refractivity contribution in [3.63, 3.8) is 0 Å². The molecule has 0 aromatic heterocycles. The summed E-state index contributed by atoms with van der Waals surface area (Å²) in [6.07, 6.45) is 5.55. The highest BCUT2D eigenvalue weighted by molar-refractivity contribution is 9.09. The maximum Gasteiger partial charge on any atom is 0.254 e. The normalized spacial score (nSPS) is 13.6. The highest BCUT2D eigenvalue weighted by Crippen LogP contribution is 2.24. The van der Waals surface area contributed by atoms with Gasteiger partial charge in [-0.1, -0.05) is 35.8 Å². The summed E-state index contributed by atoms with van der Waals surface area (Å²) in [4.78, 5) is 14.8. The van der Waals surface area contributed by atoms with Gasteiger partial charge in [0.15, 0.2) is 0 Å². The molecule has 0 atom stereocenters. The Balaban J connectivity index is 2.22. The first kappa shape index (κ1) is 15.6. The van der Waals surface area contributed by atoms with Crippen molar-refractivity contribution >= 4 is 21.8 Å². The molecule has 0 fully saturated rings. The molecule has 0 bridgehead atoms. The van der Waals surface area contributed by atoms with E-state index >= 15 is 0 Å². The van der Waals surface area contributed by atoms with Gasteiger partial charge in [-0.25, -0.2) is 0 Å². The molecular weight excluding hydrogens is 314 g/mol. The summed E-state index contributed by atoms with van der Waals surface area (Å²) in [5.41, 5.74) is 3.66. The lowest BCUT2D eigenvalue weighted by Crippen LogP contribution is -2.41. The van der Waals surface area contributed by atoms with Crippen LogP contribution in [0.25, 0.3) is 0 Å². The molecule has 20 heavy (non-hydrogen) atoms. The molecule has 1 aromatic carbocycles. The Bertz CT molecular complexity index is 468. The van der Waals surface area contributed by atoms with Crippen LogP contribution in [0.1, 0.15) is 54.6 Å². The molecule has 2 rings (SSSR count). The number of rotatable bonds is 6. The zero-order valence-corrected chi connectivity index (χ0v) is 14.1. The summed E-state index contributed by atoms with van der Waals surface area (Å²) >= 11 is 3.47. The van der Waals surface area contributed by atoms with E-state index in [0.29, 0.717) is 6.04 Å². The number of hydrogen-bond donors (Lipinski definition) is 0. The molecule has 1 aliphatic rings. The predicted octanol–water partition coefficient (Wildman–Crippen LogP) is 4.20. The van der Waals surface area contributed by atoms with Crippen LogP contribution < -0.4 is 0 Å². The molecule has 0 N–H and O–H groups in total. The second-order valence-electron chi connectivity index (χ2n) is 5.49. The van der Waals surface area contributed by atoms with Crippen molar-refractivity contribution in [1.29, 1.82) is 0 Å². The van der Waals surface area contributed by atoms with Gasteiger partial charge in [0.25, 0.3) is 5.91 Å². The molecule has 0 saturated carbocycles. The average Bonchev–Trinajstić information content (AvgIpc) is 2.94. The molecule has 0 aliphatic heterocycles. The first-order valence-corrected chi connectivity index (χ1v) is 8.82. The van der Waals surface area contributed by atoms with E-state index in [1.54, 1.807) is 0 Å². The Morgan fingerprint density at radius 2 is 1.95 bits per heavy atom. The summed E-state index contributed by atoms with van der Waals surface area (Å²) in [7, 11) is 0. The molecule has 1 aromatic rings. The van der Waals surface area contributed by atoms with E-state index in [1.807, 2.05) is 11.0 Å². The summed E-state index contributed by atoms with van der Waals surface area (Å²) in [5.74, 6) is 0.188. The van der Waals surface area contributed by atoms with Crippen molar-refractivity contribution in [3.8, 4) is 0 Å². The zero-order chi connectivity index (χ0) is 14.5. The maximum atomic E-state index is 12.8. The van der Waals surface area contributed by atoms with Gasteiger partial charge in [0.2, 0.25) is 0 Å². The van der Waals surface area contributed by atoms with Crippen LogP contribution in [0, 0.1) is 0 Å². The highest BCUT2D eigenvalue weighted by atomic mass is 79.9. The first-order valence-electron chi connectivity index (χ1n) is 7.70. The van der Waals surface area contributed by atoms with E-state index in [-0.39, 0.29) is 5.91 Å². The zero-order valence-electron chi connectivity index (χ0n) is 12.5.